The van der Waals surface area contributed by atoms with Crippen molar-refractivity contribution >= 4 is 38.7 Å². The van der Waals surface area contributed by atoms with E-state index in [1.165, 1.54) is 61.1 Å². The van der Waals surface area contributed by atoms with Gasteiger partial charge in [-0.3, -0.25) is 0 Å². The van der Waals surface area contributed by atoms with Gasteiger partial charge in [-0.15, -0.1) is 0 Å². The van der Waals surface area contributed by atoms with Crippen LogP contribution in [0.2, 0.25) is 0 Å². The first-order valence-corrected chi connectivity index (χ1v) is 12.5. The van der Waals surface area contributed by atoms with Crippen LogP contribution in [0.1, 0.15) is 56.7 Å². The number of aromatic nitrogens is 1. The van der Waals surface area contributed by atoms with Gasteiger partial charge in [0.15, 0.2) is 6.04 Å². The van der Waals surface area contributed by atoms with Gasteiger partial charge in [-0.05, 0) is 53.6 Å². The van der Waals surface area contributed by atoms with E-state index in [1.807, 2.05) is 0 Å². The van der Waals surface area contributed by atoms with Gasteiger partial charge >= 0.3 is 0 Å². The van der Waals surface area contributed by atoms with E-state index in [2.05, 4.69) is 122 Å². The second-order valence-electron chi connectivity index (χ2n) is 10.3. The summed E-state index contributed by atoms with van der Waals surface area (Å²) in [5.74, 6) is 0.903. The molecule has 2 heteroatoms. The number of nitrogens with zero attached hydrogens (tertiary/aromatic N) is 2. The molecule has 0 saturated heterocycles. The van der Waals surface area contributed by atoms with E-state index >= 15 is 0 Å². The van der Waals surface area contributed by atoms with Crippen LogP contribution >= 0.6 is 0 Å². The molecule has 0 aliphatic carbocycles. The van der Waals surface area contributed by atoms with Crippen LogP contribution in [0.15, 0.2) is 84.9 Å². The summed E-state index contributed by atoms with van der Waals surface area (Å²) in [6.45, 7) is 9.40. The number of fused-ring (bicyclic) bond motifs is 2. The SMILES string of the molecule is CC(C)c1cccc2c1cc1c3[n+]2C(C)C(C)c2ccc4cccc(c4c2-3)N1c1ccccc1. The molecule has 0 bridgehead atoms. The standard InChI is InChI=1S/C32H29N2/c1-19(2)24-13-9-14-27-26(24)18-29-32-31-25(20(3)21(4)33(27)32)17-16-22-10-8-15-28(30(22)31)34(29)23-11-6-5-7-12-23/h5-21H,1-4H3/q+1. The summed E-state index contributed by atoms with van der Waals surface area (Å²) in [5.41, 5.74) is 10.8. The van der Waals surface area contributed by atoms with Crippen LogP contribution in [0, 0.1) is 0 Å². The molecule has 4 aromatic carbocycles. The van der Waals surface area contributed by atoms with Crippen molar-refractivity contribution in [1.29, 1.82) is 0 Å². The minimum Gasteiger partial charge on any atom is -0.304 e. The first-order chi connectivity index (χ1) is 16.6. The molecule has 0 spiro atoms. The van der Waals surface area contributed by atoms with Gasteiger partial charge in [0.2, 0.25) is 11.2 Å². The highest BCUT2D eigenvalue weighted by Gasteiger charge is 2.44. The van der Waals surface area contributed by atoms with E-state index in [0.717, 1.165) is 0 Å². The van der Waals surface area contributed by atoms with Gasteiger partial charge in [0.05, 0.1) is 16.6 Å². The monoisotopic (exact) mass is 441 g/mol. The molecule has 0 saturated carbocycles. The number of hydrogen-bond donors (Lipinski definition) is 0. The Balaban J connectivity index is 1.74. The van der Waals surface area contributed by atoms with Crippen LogP contribution < -0.4 is 9.47 Å². The number of benzene rings is 4. The Morgan fingerprint density at radius 1 is 0.794 bits per heavy atom. The number of para-hydroxylation sites is 1. The minimum absolute atomic E-state index is 0.368. The van der Waals surface area contributed by atoms with Gasteiger partial charge in [-0.1, -0.05) is 75.4 Å². The maximum Gasteiger partial charge on any atom is 0.238 e. The van der Waals surface area contributed by atoms with Crippen molar-refractivity contribution in [3.8, 4) is 11.3 Å². The second kappa shape index (κ2) is 6.93. The Morgan fingerprint density at radius 2 is 1.59 bits per heavy atom. The highest BCUT2D eigenvalue weighted by molar-refractivity contribution is 6.14. The molecule has 166 valence electrons. The topological polar surface area (TPSA) is 7.12 Å². The van der Waals surface area contributed by atoms with Gasteiger partial charge in [0, 0.05) is 23.1 Å². The Hall–Kier alpha value is -3.65. The lowest BCUT2D eigenvalue weighted by atomic mass is 9.79. The Labute approximate surface area is 201 Å². The molecule has 7 rings (SSSR count). The van der Waals surface area contributed by atoms with Crippen molar-refractivity contribution in [3.63, 3.8) is 0 Å². The number of anilines is 3. The van der Waals surface area contributed by atoms with E-state index in [1.54, 1.807) is 0 Å². The highest BCUT2D eigenvalue weighted by atomic mass is 15.2. The fraction of sp³-hybridized carbons (Fsp3) is 0.219. The Bertz CT molecular complexity index is 1610. The fourth-order valence-corrected chi connectivity index (χ4v) is 6.40. The molecule has 1 aromatic heterocycles. The average Bonchev–Trinajstić information content (AvgIpc) is 2.86. The van der Waals surface area contributed by atoms with Crippen molar-refractivity contribution in [2.24, 2.45) is 0 Å². The lowest BCUT2D eigenvalue weighted by molar-refractivity contribution is -0.689. The summed E-state index contributed by atoms with van der Waals surface area (Å²) in [5, 5.41) is 4.06. The van der Waals surface area contributed by atoms with Crippen LogP contribution in [0.3, 0.4) is 0 Å². The molecule has 0 radical (unpaired) electrons. The van der Waals surface area contributed by atoms with Gasteiger partial charge in [-0.2, -0.15) is 4.57 Å². The third-order valence-electron chi connectivity index (χ3n) is 8.17. The molecule has 2 unspecified atom stereocenters. The second-order valence-corrected chi connectivity index (χ2v) is 10.3. The van der Waals surface area contributed by atoms with Crippen molar-refractivity contribution in [2.45, 2.75) is 45.6 Å². The molecule has 0 fully saturated rings. The van der Waals surface area contributed by atoms with Crippen LogP contribution in [-0.4, -0.2) is 0 Å². The zero-order valence-electron chi connectivity index (χ0n) is 20.2. The summed E-state index contributed by atoms with van der Waals surface area (Å²) < 4.78 is 2.65. The normalized spacial score (nSPS) is 18.2. The zero-order valence-corrected chi connectivity index (χ0v) is 20.2. The summed E-state index contributed by atoms with van der Waals surface area (Å²) in [4.78, 5) is 2.49. The molecule has 2 aliphatic rings. The van der Waals surface area contributed by atoms with E-state index in [0.29, 0.717) is 17.9 Å². The van der Waals surface area contributed by atoms with Gasteiger partial charge in [-0.25, -0.2) is 0 Å². The smallest absolute Gasteiger partial charge is 0.238 e. The first kappa shape index (κ1) is 19.8. The molecule has 2 nitrogen and oxygen atoms in total. The zero-order chi connectivity index (χ0) is 23.1. The lowest BCUT2D eigenvalue weighted by Crippen LogP contribution is -2.47. The molecule has 34 heavy (non-hydrogen) atoms. The Kier molecular flexibility index (Phi) is 4.03. The quantitative estimate of drug-likeness (QED) is 0.244. The summed E-state index contributed by atoms with van der Waals surface area (Å²) >= 11 is 0. The van der Waals surface area contributed by atoms with E-state index in [4.69, 9.17) is 0 Å². The molecule has 2 aliphatic heterocycles. The number of pyridine rings is 1. The predicted molar refractivity (Wildman–Crippen MR) is 143 cm³/mol. The van der Waals surface area contributed by atoms with Crippen LogP contribution in [0.5, 0.6) is 0 Å². The maximum absolute atomic E-state index is 2.65. The van der Waals surface area contributed by atoms with Crippen LogP contribution in [0.4, 0.5) is 17.1 Å². The summed E-state index contributed by atoms with van der Waals surface area (Å²) in [6.07, 6.45) is 0. The predicted octanol–water partition coefficient (Wildman–Crippen LogP) is 8.53. The maximum atomic E-state index is 2.65. The summed E-state index contributed by atoms with van der Waals surface area (Å²) in [7, 11) is 0. The largest absolute Gasteiger partial charge is 0.304 e. The van der Waals surface area contributed by atoms with Gasteiger partial charge < -0.3 is 4.90 Å². The fourth-order valence-electron chi connectivity index (χ4n) is 6.40. The van der Waals surface area contributed by atoms with Crippen molar-refractivity contribution in [2.75, 3.05) is 4.90 Å². The van der Waals surface area contributed by atoms with E-state index in [-0.39, 0.29) is 0 Å². The third kappa shape index (κ3) is 2.43. The van der Waals surface area contributed by atoms with Gasteiger partial charge in [0.25, 0.3) is 0 Å². The van der Waals surface area contributed by atoms with E-state index < -0.39 is 0 Å². The molecule has 0 amide bonds. The van der Waals surface area contributed by atoms with Crippen molar-refractivity contribution in [3.05, 3.63) is 96.1 Å². The van der Waals surface area contributed by atoms with E-state index in [9.17, 15) is 0 Å². The average molecular weight is 442 g/mol. The number of rotatable bonds is 2. The molecular formula is C32H29N2+. The molecule has 5 aromatic rings. The van der Waals surface area contributed by atoms with Crippen molar-refractivity contribution in [1.82, 2.24) is 0 Å². The molecule has 3 heterocycles. The van der Waals surface area contributed by atoms with Gasteiger partial charge in [0.1, 0.15) is 5.69 Å². The van der Waals surface area contributed by atoms with Crippen LogP contribution in [-0.2, 0) is 0 Å². The van der Waals surface area contributed by atoms with Crippen molar-refractivity contribution < 1.29 is 4.57 Å². The minimum atomic E-state index is 0.368. The molecule has 0 N–H and O–H groups in total. The third-order valence-corrected chi connectivity index (χ3v) is 8.17. The lowest BCUT2D eigenvalue weighted by Gasteiger charge is -2.37. The highest BCUT2D eigenvalue weighted by Crippen LogP contribution is 2.55. The number of hydrogen-bond acceptors (Lipinski definition) is 1. The molecule has 2 atom stereocenters. The summed E-state index contributed by atoms with van der Waals surface area (Å²) in [6, 6.07) is 32.0. The van der Waals surface area contributed by atoms with Crippen LogP contribution in [0.25, 0.3) is 32.9 Å². The Morgan fingerprint density at radius 3 is 2.38 bits per heavy atom. The first-order valence-electron chi connectivity index (χ1n) is 12.5. The molecular weight excluding hydrogens is 412 g/mol.